The van der Waals surface area contributed by atoms with E-state index in [0.717, 1.165) is 32.3 Å². The van der Waals surface area contributed by atoms with E-state index in [1.165, 1.54) is 0 Å². The summed E-state index contributed by atoms with van der Waals surface area (Å²) in [6, 6.07) is 0.0403. The fraction of sp³-hybridized carbons (Fsp3) is 0.846. The average Bonchev–Trinajstić information content (AvgIpc) is 2.40. The van der Waals surface area contributed by atoms with Gasteiger partial charge in [0.1, 0.15) is 0 Å². The molecule has 2 rings (SSSR count). The first-order chi connectivity index (χ1) is 9.15. The molecule has 1 unspecified atom stereocenters. The van der Waals surface area contributed by atoms with Crippen LogP contribution in [0, 0.1) is 5.92 Å². The Bertz CT molecular complexity index is 321. The van der Waals surface area contributed by atoms with Crippen LogP contribution in [0.4, 0.5) is 4.79 Å². The monoisotopic (exact) mass is 270 g/mol. The molecule has 6 heteroatoms. The molecule has 0 bridgehead atoms. The third-order valence-corrected chi connectivity index (χ3v) is 3.91. The molecule has 2 fully saturated rings. The second kappa shape index (κ2) is 6.75. The highest BCUT2D eigenvalue weighted by atomic mass is 16.5. The summed E-state index contributed by atoms with van der Waals surface area (Å²) < 4.78 is 5.31. The van der Waals surface area contributed by atoms with Gasteiger partial charge in [-0.2, -0.15) is 0 Å². The zero-order valence-electron chi connectivity index (χ0n) is 11.1. The van der Waals surface area contributed by atoms with Crippen LogP contribution in [-0.2, 0) is 9.53 Å². The third kappa shape index (κ3) is 4.38. The van der Waals surface area contributed by atoms with E-state index in [2.05, 4.69) is 10.6 Å². The minimum Gasteiger partial charge on any atom is -0.481 e. The molecular weight excluding hydrogens is 248 g/mol. The van der Waals surface area contributed by atoms with Crippen LogP contribution in [-0.4, -0.2) is 42.4 Å². The zero-order chi connectivity index (χ0) is 13.7. The Labute approximate surface area is 112 Å². The van der Waals surface area contributed by atoms with Crippen LogP contribution < -0.4 is 10.6 Å². The SMILES string of the molecule is O=C(NC1CCC(C(=O)O)CC1)NC1CCCOC1. The number of hydrogen-bond acceptors (Lipinski definition) is 3. The topological polar surface area (TPSA) is 87.7 Å². The molecule has 6 nitrogen and oxygen atoms in total. The van der Waals surface area contributed by atoms with Crippen molar-refractivity contribution in [3.8, 4) is 0 Å². The number of carboxylic acid groups (broad SMARTS) is 1. The quantitative estimate of drug-likeness (QED) is 0.717. The molecule has 0 radical (unpaired) electrons. The molecule has 1 atom stereocenters. The van der Waals surface area contributed by atoms with Gasteiger partial charge in [0.05, 0.1) is 18.6 Å². The lowest BCUT2D eigenvalue weighted by molar-refractivity contribution is -0.142. The highest BCUT2D eigenvalue weighted by molar-refractivity contribution is 5.74. The fourth-order valence-corrected chi connectivity index (χ4v) is 2.75. The average molecular weight is 270 g/mol. The first kappa shape index (κ1) is 14.1. The zero-order valence-corrected chi connectivity index (χ0v) is 11.1. The molecule has 1 saturated carbocycles. The van der Waals surface area contributed by atoms with Crippen LogP contribution in [0.5, 0.6) is 0 Å². The van der Waals surface area contributed by atoms with Gasteiger partial charge in [0.25, 0.3) is 0 Å². The summed E-state index contributed by atoms with van der Waals surface area (Å²) in [4.78, 5) is 22.6. The van der Waals surface area contributed by atoms with Crippen molar-refractivity contribution in [3.05, 3.63) is 0 Å². The molecule has 1 aliphatic carbocycles. The van der Waals surface area contributed by atoms with Gasteiger partial charge in [0.15, 0.2) is 0 Å². The van der Waals surface area contributed by atoms with E-state index in [1.54, 1.807) is 0 Å². The van der Waals surface area contributed by atoms with Crippen molar-refractivity contribution in [2.45, 2.75) is 50.6 Å². The Kier molecular flexibility index (Phi) is 5.01. The van der Waals surface area contributed by atoms with Gasteiger partial charge in [0, 0.05) is 12.6 Å². The normalized spacial score (nSPS) is 31.5. The molecule has 19 heavy (non-hydrogen) atoms. The minimum absolute atomic E-state index is 0.0973. The van der Waals surface area contributed by atoms with Crippen molar-refractivity contribution in [1.82, 2.24) is 10.6 Å². The molecule has 2 amide bonds. The second-order valence-electron chi connectivity index (χ2n) is 5.42. The summed E-state index contributed by atoms with van der Waals surface area (Å²) in [5.74, 6) is -0.963. The molecule has 0 aromatic rings. The first-order valence-corrected chi connectivity index (χ1v) is 7.02. The van der Waals surface area contributed by atoms with Crippen LogP contribution in [0.15, 0.2) is 0 Å². The van der Waals surface area contributed by atoms with Crippen LogP contribution in [0.2, 0.25) is 0 Å². The molecule has 1 aliphatic heterocycles. The van der Waals surface area contributed by atoms with Gasteiger partial charge in [0.2, 0.25) is 0 Å². The van der Waals surface area contributed by atoms with Crippen molar-refractivity contribution in [2.24, 2.45) is 5.92 Å². The number of aliphatic carboxylic acids is 1. The number of amides is 2. The predicted octanol–water partition coefficient (Wildman–Crippen LogP) is 1.11. The van der Waals surface area contributed by atoms with E-state index in [0.29, 0.717) is 19.4 Å². The molecule has 0 aromatic carbocycles. The standard InChI is InChI=1S/C13H22N2O4/c16-12(17)9-3-5-10(6-4-9)14-13(18)15-11-2-1-7-19-8-11/h9-11H,1-8H2,(H,16,17)(H2,14,15,18). The third-order valence-electron chi connectivity index (χ3n) is 3.91. The van der Waals surface area contributed by atoms with Gasteiger partial charge in [-0.3, -0.25) is 4.79 Å². The maximum Gasteiger partial charge on any atom is 0.315 e. The summed E-state index contributed by atoms with van der Waals surface area (Å²) in [6.45, 7) is 1.36. The van der Waals surface area contributed by atoms with Crippen LogP contribution >= 0.6 is 0 Å². The van der Waals surface area contributed by atoms with Crippen LogP contribution in [0.25, 0.3) is 0 Å². The van der Waals surface area contributed by atoms with Crippen LogP contribution in [0.1, 0.15) is 38.5 Å². The number of carbonyl (C=O) groups is 2. The molecule has 0 spiro atoms. The van der Waals surface area contributed by atoms with Crippen LogP contribution in [0.3, 0.4) is 0 Å². The first-order valence-electron chi connectivity index (χ1n) is 7.02. The number of rotatable bonds is 3. The maximum atomic E-state index is 11.8. The van der Waals surface area contributed by atoms with E-state index in [1.807, 2.05) is 0 Å². The Hall–Kier alpha value is -1.30. The highest BCUT2D eigenvalue weighted by Crippen LogP contribution is 2.24. The Morgan fingerprint density at radius 3 is 2.26 bits per heavy atom. The lowest BCUT2D eigenvalue weighted by Gasteiger charge is -2.28. The van der Waals surface area contributed by atoms with Gasteiger partial charge in [-0.25, -0.2) is 4.79 Å². The van der Waals surface area contributed by atoms with Gasteiger partial charge in [-0.15, -0.1) is 0 Å². The summed E-state index contributed by atoms with van der Waals surface area (Å²) in [5.41, 5.74) is 0. The van der Waals surface area contributed by atoms with Gasteiger partial charge in [-0.1, -0.05) is 0 Å². The van der Waals surface area contributed by atoms with Gasteiger partial charge in [-0.05, 0) is 38.5 Å². The molecule has 1 heterocycles. The smallest absolute Gasteiger partial charge is 0.315 e. The minimum atomic E-state index is -0.720. The molecule has 2 aliphatic rings. The summed E-state index contributed by atoms with van der Waals surface area (Å²) in [6.07, 6.45) is 4.71. The molecule has 3 N–H and O–H groups in total. The Morgan fingerprint density at radius 1 is 1.00 bits per heavy atom. The molecule has 0 aromatic heterocycles. The molecule has 1 saturated heterocycles. The van der Waals surface area contributed by atoms with Crippen molar-refractivity contribution in [3.63, 3.8) is 0 Å². The van der Waals surface area contributed by atoms with E-state index in [-0.39, 0.29) is 24.0 Å². The number of nitrogens with one attached hydrogen (secondary N) is 2. The van der Waals surface area contributed by atoms with Crippen molar-refractivity contribution >= 4 is 12.0 Å². The van der Waals surface area contributed by atoms with Gasteiger partial charge >= 0.3 is 12.0 Å². The maximum absolute atomic E-state index is 11.8. The van der Waals surface area contributed by atoms with E-state index < -0.39 is 5.97 Å². The summed E-state index contributed by atoms with van der Waals surface area (Å²) in [7, 11) is 0. The van der Waals surface area contributed by atoms with Gasteiger partial charge < -0.3 is 20.5 Å². The lowest BCUT2D eigenvalue weighted by atomic mass is 9.86. The van der Waals surface area contributed by atoms with E-state index in [9.17, 15) is 9.59 Å². The van der Waals surface area contributed by atoms with E-state index in [4.69, 9.17) is 9.84 Å². The highest BCUT2D eigenvalue weighted by Gasteiger charge is 2.27. The predicted molar refractivity (Wildman–Crippen MR) is 68.9 cm³/mol. The molecule has 108 valence electrons. The van der Waals surface area contributed by atoms with Crippen molar-refractivity contribution in [1.29, 1.82) is 0 Å². The van der Waals surface area contributed by atoms with Crippen molar-refractivity contribution in [2.75, 3.05) is 13.2 Å². The largest absolute Gasteiger partial charge is 0.481 e. The Morgan fingerprint density at radius 2 is 1.68 bits per heavy atom. The Balaban J connectivity index is 1.67. The number of urea groups is 1. The number of carboxylic acids is 1. The van der Waals surface area contributed by atoms with Crippen molar-refractivity contribution < 1.29 is 19.4 Å². The number of hydrogen-bond donors (Lipinski definition) is 3. The number of carbonyl (C=O) groups excluding carboxylic acids is 1. The summed E-state index contributed by atoms with van der Waals surface area (Å²) in [5, 5.41) is 14.7. The lowest BCUT2D eigenvalue weighted by Crippen LogP contribution is -2.49. The van der Waals surface area contributed by atoms with E-state index >= 15 is 0 Å². The fourth-order valence-electron chi connectivity index (χ4n) is 2.75. The summed E-state index contributed by atoms with van der Waals surface area (Å²) >= 11 is 0. The molecular formula is C13H22N2O4. The number of ether oxygens (including phenoxy) is 1. The second-order valence-corrected chi connectivity index (χ2v) is 5.42.